The average Bonchev–Trinajstić information content (AvgIpc) is 3.31. The van der Waals surface area contributed by atoms with Crippen LogP contribution in [-0.2, 0) is 16.0 Å². The summed E-state index contributed by atoms with van der Waals surface area (Å²) >= 11 is 0. The SMILES string of the molecule is CN=C(NCc1ccc(C)cc1OCCOC)NCC1(N2CCCC2)CCOCC1. The van der Waals surface area contributed by atoms with Gasteiger partial charge in [-0.25, -0.2) is 0 Å². The predicted molar refractivity (Wildman–Crippen MR) is 120 cm³/mol. The maximum Gasteiger partial charge on any atom is 0.191 e. The summed E-state index contributed by atoms with van der Waals surface area (Å²) in [6, 6.07) is 6.30. The Bertz CT molecular complexity index is 683. The summed E-state index contributed by atoms with van der Waals surface area (Å²) in [5.74, 6) is 1.72. The molecule has 2 N–H and O–H groups in total. The summed E-state index contributed by atoms with van der Waals surface area (Å²) in [5, 5.41) is 7.05. The molecule has 2 saturated heterocycles. The number of methoxy groups -OCH3 is 1. The van der Waals surface area contributed by atoms with Crippen molar-refractivity contribution in [2.75, 3.05) is 60.2 Å². The highest BCUT2D eigenvalue weighted by molar-refractivity contribution is 5.79. The zero-order valence-electron chi connectivity index (χ0n) is 18.8. The van der Waals surface area contributed by atoms with E-state index in [0.29, 0.717) is 19.8 Å². The van der Waals surface area contributed by atoms with Crippen molar-refractivity contribution in [3.05, 3.63) is 29.3 Å². The highest BCUT2D eigenvalue weighted by Crippen LogP contribution is 2.30. The Morgan fingerprint density at radius 3 is 2.63 bits per heavy atom. The van der Waals surface area contributed by atoms with Crippen LogP contribution in [0.4, 0.5) is 0 Å². The third-order valence-corrected chi connectivity index (χ3v) is 6.22. The molecular formula is C23H38N4O3. The maximum absolute atomic E-state index is 5.92. The summed E-state index contributed by atoms with van der Waals surface area (Å²) in [4.78, 5) is 7.12. The minimum Gasteiger partial charge on any atom is -0.491 e. The Hall–Kier alpha value is -1.83. The van der Waals surface area contributed by atoms with Gasteiger partial charge in [0.15, 0.2) is 5.96 Å². The second kappa shape index (κ2) is 11.5. The molecule has 3 rings (SSSR count). The standard InChI is InChI=1S/C23H38N4O3/c1-19-6-7-20(21(16-19)30-15-14-28-3)17-25-22(24-2)26-18-23(8-12-29-13-9-23)27-10-4-5-11-27/h6-7,16H,4-5,8-15,17-18H2,1-3H3,(H2,24,25,26). The van der Waals surface area contributed by atoms with Crippen molar-refractivity contribution in [2.24, 2.45) is 4.99 Å². The molecule has 7 nitrogen and oxygen atoms in total. The predicted octanol–water partition coefficient (Wildman–Crippen LogP) is 2.33. The van der Waals surface area contributed by atoms with Gasteiger partial charge < -0.3 is 24.8 Å². The molecule has 2 heterocycles. The number of likely N-dealkylation sites (tertiary alicyclic amines) is 1. The zero-order chi connectivity index (χ0) is 21.2. The number of nitrogens with zero attached hydrogens (tertiary/aromatic N) is 2. The lowest BCUT2D eigenvalue weighted by Gasteiger charge is -2.45. The molecule has 0 saturated carbocycles. The number of hydrogen-bond donors (Lipinski definition) is 2. The van der Waals surface area contributed by atoms with Gasteiger partial charge in [0.05, 0.1) is 6.61 Å². The lowest BCUT2D eigenvalue weighted by Crippen LogP contribution is -2.58. The molecule has 0 atom stereocenters. The van der Waals surface area contributed by atoms with Crippen LogP contribution in [0.5, 0.6) is 5.75 Å². The molecule has 7 heteroatoms. The topological polar surface area (TPSA) is 67.4 Å². The van der Waals surface area contributed by atoms with Crippen LogP contribution in [0, 0.1) is 6.92 Å². The quantitative estimate of drug-likeness (QED) is 0.365. The monoisotopic (exact) mass is 418 g/mol. The summed E-state index contributed by atoms with van der Waals surface area (Å²) < 4.78 is 16.7. The van der Waals surface area contributed by atoms with Gasteiger partial charge in [-0.3, -0.25) is 9.89 Å². The molecule has 1 aromatic carbocycles. The van der Waals surface area contributed by atoms with E-state index in [-0.39, 0.29) is 5.54 Å². The van der Waals surface area contributed by atoms with Crippen LogP contribution in [0.2, 0.25) is 0 Å². The molecule has 30 heavy (non-hydrogen) atoms. The minimum absolute atomic E-state index is 0.171. The van der Waals surface area contributed by atoms with Crippen LogP contribution in [0.25, 0.3) is 0 Å². The van der Waals surface area contributed by atoms with Crippen LogP contribution < -0.4 is 15.4 Å². The molecule has 2 aliphatic heterocycles. The van der Waals surface area contributed by atoms with Gasteiger partial charge in [-0.2, -0.15) is 0 Å². The number of nitrogens with one attached hydrogen (secondary N) is 2. The first-order valence-corrected chi connectivity index (χ1v) is 11.2. The van der Waals surface area contributed by atoms with Gasteiger partial charge >= 0.3 is 0 Å². The van der Waals surface area contributed by atoms with E-state index in [2.05, 4.69) is 45.6 Å². The van der Waals surface area contributed by atoms with E-state index in [1.807, 2.05) is 7.05 Å². The van der Waals surface area contributed by atoms with Crippen LogP contribution in [0.3, 0.4) is 0 Å². The summed E-state index contributed by atoms with van der Waals surface area (Å²) in [6.45, 7) is 8.81. The largest absolute Gasteiger partial charge is 0.491 e. The van der Waals surface area contributed by atoms with Crippen molar-refractivity contribution in [1.82, 2.24) is 15.5 Å². The lowest BCUT2D eigenvalue weighted by atomic mass is 9.88. The second-order valence-electron chi connectivity index (χ2n) is 8.26. The first kappa shape index (κ1) is 22.8. The van der Waals surface area contributed by atoms with Crippen molar-refractivity contribution in [1.29, 1.82) is 0 Å². The Labute approximate surface area is 181 Å². The van der Waals surface area contributed by atoms with Gasteiger partial charge in [0.25, 0.3) is 0 Å². The van der Waals surface area contributed by atoms with E-state index < -0.39 is 0 Å². The van der Waals surface area contributed by atoms with Gasteiger partial charge in [0.2, 0.25) is 0 Å². The van der Waals surface area contributed by atoms with E-state index in [1.54, 1.807) is 7.11 Å². The number of rotatable bonds is 9. The number of ether oxygens (including phenoxy) is 3. The molecule has 168 valence electrons. The van der Waals surface area contributed by atoms with Crippen LogP contribution >= 0.6 is 0 Å². The van der Waals surface area contributed by atoms with Gasteiger partial charge in [-0.15, -0.1) is 0 Å². The highest BCUT2D eigenvalue weighted by Gasteiger charge is 2.39. The van der Waals surface area contributed by atoms with Crippen molar-refractivity contribution in [2.45, 2.75) is 44.7 Å². The van der Waals surface area contributed by atoms with E-state index in [9.17, 15) is 0 Å². The Morgan fingerprint density at radius 1 is 1.17 bits per heavy atom. The fraction of sp³-hybridized carbons (Fsp3) is 0.696. The fourth-order valence-corrected chi connectivity index (χ4v) is 4.37. The van der Waals surface area contributed by atoms with Crippen molar-refractivity contribution >= 4 is 5.96 Å². The molecule has 0 unspecified atom stereocenters. The van der Waals surface area contributed by atoms with E-state index in [0.717, 1.165) is 49.9 Å². The van der Waals surface area contributed by atoms with Crippen molar-refractivity contribution < 1.29 is 14.2 Å². The number of benzene rings is 1. The molecule has 0 aromatic heterocycles. The second-order valence-corrected chi connectivity index (χ2v) is 8.26. The van der Waals surface area contributed by atoms with Crippen molar-refractivity contribution in [3.63, 3.8) is 0 Å². The van der Waals surface area contributed by atoms with Gasteiger partial charge in [0, 0.05) is 51.6 Å². The first-order chi connectivity index (χ1) is 14.7. The summed E-state index contributed by atoms with van der Waals surface area (Å²) in [6.07, 6.45) is 4.75. The molecular weight excluding hydrogens is 380 g/mol. The van der Waals surface area contributed by atoms with Crippen LogP contribution in [0.1, 0.15) is 36.8 Å². The van der Waals surface area contributed by atoms with Gasteiger partial charge in [-0.05, 0) is 57.3 Å². The van der Waals surface area contributed by atoms with Gasteiger partial charge in [0.1, 0.15) is 12.4 Å². The molecule has 0 amide bonds. The van der Waals surface area contributed by atoms with Crippen LogP contribution in [-0.4, -0.2) is 76.6 Å². The molecule has 0 spiro atoms. The Morgan fingerprint density at radius 2 is 1.93 bits per heavy atom. The molecule has 0 aliphatic carbocycles. The summed E-state index contributed by atoms with van der Waals surface area (Å²) in [7, 11) is 3.51. The zero-order valence-corrected chi connectivity index (χ0v) is 18.8. The Kier molecular flexibility index (Phi) is 8.78. The smallest absolute Gasteiger partial charge is 0.191 e. The average molecular weight is 419 g/mol. The third kappa shape index (κ3) is 6.09. The van der Waals surface area contributed by atoms with E-state index >= 15 is 0 Å². The molecule has 1 aromatic rings. The van der Waals surface area contributed by atoms with E-state index in [1.165, 1.54) is 31.5 Å². The number of hydrogen-bond acceptors (Lipinski definition) is 5. The number of guanidine groups is 1. The summed E-state index contributed by atoms with van der Waals surface area (Å²) in [5.41, 5.74) is 2.46. The number of aliphatic imine (C=N–C) groups is 1. The molecule has 0 radical (unpaired) electrons. The first-order valence-electron chi connectivity index (χ1n) is 11.2. The van der Waals surface area contributed by atoms with Crippen LogP contribution in [0.15, 0.2) is 23.2 Å². The normalized spacial score (nSPS) is 19.6. The minimum atomic E-state index is 0.171. The molecule has 2 aliphatic rings. The molecule has 2 fully saturated rings. The van der Waals surface area contributed by atoms with Crippen molar-refractivity contribution in [3.8, 4) is 5.75 Å². The Balaban J connectivity index is 1.58. The number of aryl methyl sites for hydroxylation is 1. The fourth-order valence-electron chi connectivity index (χ4n) is 4.37. The van der Waals surface area contributed by atoms with Gasteiger partial charge in [-0.1, -0.05) is 12.1 Å². The highest BCUT2D eigenvalue weighted by atomic mass is 16.5. The third-order valence-electron chi connectivity index (χ3n) is 6.22. The maximum atomic E-state index is 5.92. The molecule has 0 bridgehead atoms. The van der Waals surface area contributed by atoms with E-state index in [4.69, 9.17) is 14.2 Å². The lowest BCUT2D eigenvalue weighted by molar-refractivity contribution is -0.0164.